The molecule has 2 aromatic carbocycles. The predicted octanol–water partition coefficient (Wildman–Crippen LogP) is 14.4. The number of rotatable bonds is 35. The minimum absolute atomic E-state index is 0.324. The summed E-state index contributed by atoms with van der Waals surface area (Å²) in [5.41, 5.74) is 2.02. The third kappa shape index (κ3) is 24.9. The SMILES string of the molecule is O=P(CCBr)(OCCCCCCCCCCCCCCCCCCCCCCOP(=O)(CCBr)OCc1ccccc1)OCc1ccccc1. The van der Waals surface area contributed by atoms with Gasteiger partial charge in [0, 0.05) is 10.7 Å². The Kier molecular flexibility index (Phi) is 28.5. The molecule has 0 aliphatic heterocycles. The number of alkyl halides is 2. The van der Waals surface area contributed by atoms with Gasteiger partial charge in [0.1, 0.15) is 0 Å². The van der Waals surface area contributed by atoms with Crippen molar-refractivity contribution in [3.63, 3.8) is 0 Å². The van der Waals surface area contributed by atoms with Gasteiger partial charge < -0.3 is 18.1 Å². The zero-order chi connectivity index (χ0) is 35.9. The summed E-state index contributed by atoms with van der Waals surface area (Å²) in [7, 11) is -6.11. The van der Waals surface area contributed by atoms with E-state index in [2.05, 4.69) is 31.9 Å². The predicted molar refractivity (Wildman–Crippen MR) is 219 cm³/mol. The van der Waals surface area contributed by atoms with Crippen molar-refractivity contribution in [2.24, 2.45) is 0 Å². The maximum absolute atomic E-state index is 13.0. The molecule has 286 valence electrons. The number of halogens is 2. The first-order valence-corrected chi connectivity index (χ1v) is 25.1. The van der Waals surface area contributed by atoms with E-state index in [1.54, 1.807) is 0 Å². The average molecular weight is 865 g/mol. The van der Waals surface area contributed by atoms with E-state index in [1.807, 2.05) is 60.7 Å². The van der Waals surface area contributed by atoms with Crippen molar-refractivity contribution in [3.8, 4) is 0 Å². The van der Waals surface area contributed by atoms with Crippen molar-refractivity contribution in [1.82, 2.24) is 0 Å². The molecule has 10 heteroatoms. The monoisotopic (exact) mass is 862 g/mol. The van der Waals surface area contributed by atoms with Crippen molar-refractivity contribution in [2.45, 2.75) is 142 Å². The van der Waals surface area contributed by atoms with Crippen LogP contribution in [0, 0.1) is 0 Å². The first-order chi connectivity index (χ1) is 24.5. The highest BCUT2D eigenvalue weighted by molar-refractivity contribution is 9.09. The fourth-order valence-corrected chi connectivity index (χ4v) is 11.0. The highest BCUT2D eigenvalue weighted by atomic mass is 79.9. The lowest BCUT2D eigenvalue weighted by Gasteiger charge is -2.18. The molecule has 2 aromatic rings. The Morgan fingerprint density at radius 3 is 0.900 bits per heavy atom. The normalized spacial score (nSPS) is 14.0. The molecule has 0 saturated carbocycles. The number of unbranched alkanes of at least 4 members (excludes halogenated alkanes) is 19. The van der Waals surface area contributed by atoms with Gasteiger partial charge in [-0.1, -0.05) is 208 Å². The number of benzene rings is 2. The molecular weight excluding hydrogens is 798 g/mol. The lowest BCUT2D eigenvalue weighted by atomic mass is 10.0. The summed E-state index contributed by atoms with van der Waals surface area (Å²) in [5.74, 6) is 0. The zero-order valence-corrected chi connectivity index (χ0v) is 35.6. The molecule has 0 fully saturated rings. The molecule has 0 saturated heterocycles. The summed E-state index contributed by atoms with van der Waals surface area (Å²) in [6.07, 6.45) is 26.3. The van der Waals surface area contributed by atoms with Crippen LogP contribution in [0.25, 0.3) is 0 Å². The van der Waals surface area contributed by atoms with Crippen molar-refractivity contribution < 1.29 is 27.2 Å². The van der Waals surface area contributed by atoms with E-state index >= 15 is 0 Å². The third-order valence-electron chi connectivity index (χ3n) is 8.87. The molecular formula is C40H66Br2O6P2. The van der Waals surface area contributed by atoms with E-state index in [1.165, 1.54) is 103 Å². The van der Waals surface area contributed by atoms with Crippen LogP contribution in [0.2, 0.25) is 0 Å². The van der Waals surface area contributed by atoms with E-state index in [0.29, 0.717) is 49.4 Å². The second-order valence-electron chi connectivity index (χ2n) is 13.3. The molecule has 0 aromatic heterocycles. The lowest BCUT2D eigenvalue weighted by Crippen LogP contribution is -2.03. The highest BCUT2D eigenvalue weighted by Crippen LogP contribution is 2.50. The molecule has 50 heavy (non-hydrogen) atoms. The minimum Gasteiger partial charge on any atom is -0.309 e. The van der Waals surface area contributed by atoms with Crippen molar-refractivity contribution >= 4 is 47.1 Å². The Labute approximate surface area is 322 Å². The Morgan fingerprint density at radius 1 is 0.380 bits per heavy atom. The van der Waals surface area contributed by atoms with Crippen LogP contribution in [-0.4, -0.2) is 36.2 Å². The van der Waals surface area contributed by atoms with Gasteiger partial charge in [-0.15, -0.1) is 0 Å². The molecule has 0 heterocycles. The standard InChI is InChI=1S/C40H66Br2O6P2/c41-31-35-49(43,47-37-39-27-21-19-22-28-39)45-33-25-17-15-13-11-9-7-5-3-1-2-4-6-8-10-12-14-16-18-26-34-46-50(44,36-32-42)48-38-40-29-23-20-24-30-40/h19-24,27-30H,1-18,25-26,31-38H2. The fraction of sp³-hybridized carbons (Fsp3) is 0.700. The van der Waals surface area contributed by atoms with Crippen LogP contribution in [-0.2, 0) is 40.4 Å². The van der Waals surface area contributed by atoms with E-state index in [4.69, 9.17) is 18.1 Å². The summed E-state index contributed by atoms with van der Waals surface area (Å²) in [5, 5.41) is 1.22. The molecule has 0 radical (unpaired) electrons. The van der Waals surface area contributed by atoms with Gasteiger partial charge in [0.2, 0.25) is 0 Å². The summed E-state index contributed by atoms with van der Waals surface area (Å²) >= 11 is 6.77. The van der Waals surface area contributed by atoms with Gasteiger partial charge in [-0.25, -0.2) is 0 Å². The molecule has 6 nitrogen and oxygen atoms in total. The third-order valence-corrected chi connectivity index (χ3v) is 14.6. The van der Waals surface area contributed by atoms with E-state index in [-0.39, 0.29) is 0 Å². The highest BCUT2D eigenvalue weighted by Gasteiger charge is 2.24. The molecule has 0 spiro atoms. The average Bonchev–Trinajstić information content (AvgIpc) is 3.13. The number of hydrogen-bond acceptors (Lipinski definition) is 6. The second kappa shape index (κ2) is 31.1. The molecule has 0 aliphatic carbocycles. The summed E-state index contributed by atoms with van der Waals surface area (Å²) in [6, 6.07) is 19.7. The van der Waals surface area contributed by atoms with Gasteiger partial charge in [0.25, 0.3) is 0 Å². The van der Waals surface area contributed by atoms with Crippen molar-refractivity contribution in [1.29, 1.82) is 0 Å². The minimum atomic E-state index is -3.05. The summed E-state index contributed by atoms with van der Waals surface area (Å²) < 4.78 is 48.9. The summed E-state index contributed by atoms with van der Waals surface area (Å²) in [6.45, 7) is 1.66. The Bertz CT molecular complexity index is 1050. The topological polar surface area (TPSA) is 71.1 Å². The Balaban J connectivity index is 1.29. The van der Waals surface area contributed by atoms with Crippen LogP contribution >= 0.6 is 47.1 Å². The van der Waals surface area contributed by atoms with Crippen LogP contribution in [0.1, 0.15) is 140 Å². The molecule has 0 amide bonds. The van der Waals surface area contributed by atoms with Crippen molar-refractivity contribution in [3.05, 3.63) is 71.8 Å². The molecule has 2 unspecified atom stereocenters. The quantitative estimate of drug-likeness (QED) is 0.0390. The summed E-state index contributed by atoms with van der Waals surface area (Å²) in [4.78, 5) is 0. The van der Waals surface area contributed by atoms with E-state index in [9.17, 15) is 9.13 Å². The zero-order valence-electron chi connectivity index (χ0n) is 30.7. The van der Waals surface area contributed by atoms with E-state index < -0.39 is 15.2 Å². The first-order valence-electron chi connectivity index (χ1n) is 19.4. The van der Waals surface area contributed by atoms with Gasteiger partial charge in [-0.3, -0.25) is 9.13 Å². The molecule has 2 rings (SSSR count). The van der Waals surface area contributed by atoms with Crippen molar-refractivity contribution in [2.75, 3.05) is 36.2 Å². The largest absolute Gasteiger partial charge is 0.331 e. The van der Waals surface area contributed by atoms with Crippen LogP contribution in [0.4, 0.5) is 0 Å². The lowest BCUT2D eigenvalue weighted by molar-refractivity contribution is 0.195. The number of hydrogen-bond donors (Lipinski definition) is 0. The molecule has 0 N–H and O–H groups in total. The van der Waals surface area contributed by atoms with Crippen LogP contribution in [0.3, 0.4) is 0 Å². The maximum Gasteiger partial charge on any atom is 0.331 e. The Hall–Kier alpha value is -0.300. The van der Waals surface area contributed by atoms with E-state index in [0.717, 1.165) is 36.8 Å². The fourth-order valence-electron chi connectivity index (χ4n) is 5.83. The van der Waals surface area contributed by atoms with Crippen LogP contribution < -0.4 is 0 Å². The smallest absolute Gasteiger partial charge is 0.309 e. The van der Waals surface area contributed by atoms with Crippen LogP contribution in [0.5, 0.6) is 0 Å². The molecule has 0 bridgehead atoms. The van der Waals surface area contributed by atoms with Gasteiger partial charge in [-0.2, -0.15) is 0 Å². The van der Waals surface area contributed by atoms with Gasteiger partial charge >= 0.3 is 15.2 Å². The first kappa shape index (κ1) is 45.9. The molecule has 2 atom stereocenters. The van der Waals surface area contributed by atoms with Gasteiger partial charge in [0.15, 0.2) is 0 Å². The van der Waals surface area contributed by atoms with Crippen LogP contribution in [0.15, 0.2) is 60.7 Å². The maximum atomic E-state index is 13.0. The van der Waals surface area contributed by atoms with Gasteiger partial charge in [0.05, 0.1) is 38.8 Å². The molecule has 0 aliphatic rings. The second-order valence-corrected chi connectivity index (χ2v) is 19.3. The van der Waals surface area contributed by atoms with Gasteiger partial charge in [-0.05, 0) is 24.0 Å². The Morgan fingerprint density at radius 2 is 0.640 bits per heavy atom.